The number of imidazole rings is 1. The Balaban J connectivity index is 1.63. The lowest BCUT2D eigenvalue weighted by molar-refractivity contribution is -0.155. The zero-order valence-corrected chi connectivity index (χ0v) is 20.6. The average Bonchev–Trinajstić information content (AvgIpc) is 3.29. The Kier molecular flexibility index (Phi) is 7.14. The number of halogens is 4. The van der Waals surface area contributed by atoms with Crippen LogP contribution in [0, 0.1) is 0 Å². The van der Waals surface area contributed by atoms with Crippen molar-refractivity contribution >= 4 is 40.3 Å². The quantitative estimate of drug-likeness (QED) is 0.370. The zero-order chi connectivity index (χ0) is 27.8. The molecule has 0 bridgehead atoms. The highest BCUT2D eigenvalue weighted by Gasteiger charge is 2.32. The molecule has 0 spiro atoms. The van der Waals surface area contributed by atoms with Gasteiger partial charge in [0.25, 0.3) is 11.5 Å². The Labute approximate surface area is 216 Å². The summed E-state index contributed by atoms with van der Waals surface area (Å²) in [4.78, 5) is 54.8. The molecule has 2 heterocycles. The number of nitrogens with one attached hydrogen (secondary N) is 1. The first-order valence-electron chi connectivity index (χ1n) is 10.9. The first-order valence-corrected chi connectivity index (χ1v) is 11.3. The van der Waals surface area contributed by atoms with Crippen molar-refractivity contribution in [1.82, 2.24) is 18.7 Å². The number of anilines is 1. The number of esters is 1. The summed E-state index contributed by atoms with van der Waals surface area (Å²) in [6.45, 7) is -0.551. The van der Waals surface area contributed by atoms with E-state index in [0.29, 0.717) is 6.07 Å². The molecule has 0 fully saturated rings. The van der Waals surface area contributed by atoms with Crippen LogP contribution in [0.2, 0.25) is 5.02 Å². The van der Waals surface area contributed by atoms with Gasteiger partial charge in [0.1, 0.15) is 6.54 Å². The molecule has 0 saturated carbocycles. The van der Waals surface area contributed by atoms with Gasteiger partial charge in [0.15, 0.2) is 11.2 Å². The van der Waals surface area contributed by atoms with E-state index in [2.05, 4.69) is 10.3 Å². The van der Waals surface area contributed by atoms with Gasteiger partial charge in [-0.15, -0.1) is 0 Å². The molecule has 2 aromatic heterocycles. The summed E-state index contributed by atoms with van der Waals surface area (Å²) < 4.78 is 48.0. The van der Waals surface area contributed by atoms with E-state index in [9.17, 15) is 32.3 Å². The third-order valence-electron chi connectivity index (χ3n) is 5.66. The van der Waals surface area contributed by atoms with E-state index in [1.54, 1.807) is 18.2 Å². The van der Waals surface area contributed by atoms with Crippen LogP contribution in [0.15, 0.2) is 64.4 Å². The zero-order valence-electron chi connectivity index (χ0n) is 19.8. The van der Waals surface area contributed by atoms with Gasteiger partial charge in [0.2, 0.25) is 6.10 Å². The number of alkyl halides is 3. The topological polar surface area (TPSA) is 117 Å². The molecule has 0 aliphatic heterocycles. The number of benzene rings is 2. The van der Waals surface area contributed by atoms with Crippen molar-refractivity contribution in [3.63, 3.8) is 0 Å². The number of aryl methyl sites for hydroxylation is 1. The number of ether oxygens (including phenoxy) is 1. The van der Waals surface area contributed by atoms with Crippen molar-refractivity contribution in [2.75, 3.05) is 5.32 Å². The lowest BCUT2D eigenvalue weighted by Gasteiger charge is -2.19. The van der Waals surface area contributed by atoms with E-state index < -0.39 is 47.5 Å². The summed E-state index contributed by atoms with van der Waals surface area (Å²) in [7, 11) is 2.68. The summed E-state index contributed by atoms with van der Waals surface area (Å²) in [6.07, 6.45) is -5.08. The van der Waals surface area contributed by atoms with Gasteiger partial charge in [-0.3, -0.25) is 23.5 Å². The van der Waals surface area contributed by atoms with Crippen molar-refractivity contribution in [3.8, 4) is 0 Å². The number of hydrogen-bond acceptors (Lipinski definition) is 6. The lowest BCUT2D eigenvalue weighted by Crippen LogP contribution is -2.37. The molecular formula is C24H19ClF3N5O5. The average molecular weight is 550 g/mol. The van der Waals surface area contributed by atoms with Gasteiger partial charge in [-0.2, -0.15) is 13.2 Å². The van der Waals surface area contributed by atoms with Crippen LogP contribution in [0.25, 0.3) is 11.2 Å². The molecule has 1 unspecified atom stereocenters. The Morgan fingerprint density at radius 1 is 1.08 bits per heavy atom. The third-order valence-corrected chi connectivity index (χ3v) is 5.99. The normalized spacial score (nSPS) is 12.4. The predicted molar refractivity (Wildman–Crippen MR) is 131 cm³/mol. The predicted octanol–water partition coefficient (Wildman–Crippen LogP) is 3.03. The fourth-order valence-electron chi connectivity index (χ4n) is 3.72. The van der Waals surface area contributed by atoms with Gasteiger partial charge >= 0.3 is 17.8 Å². The minimum absolute atomic E-state index is 0.0389. The molecule has 1 N–H and O–H groups in total. The van der Waals surface area contributed by atoms with Crippen molar-refractivity contribution in [1.29, 1.82) is 0 Å². The Bertz CT molecular complexity index is 1660. The third kappa shape index (κ3) is 5.18. The number of carbonyl (C=O) groups is 2. The Hall–Kier alpha value is -4.39. The van der Waals surface area contributed by atoms with Crippen LogP contribution in [0.1, 0.15) is 17.2 Å². The van der Waals surface area contributed by atoms with Crippen LogP contribution in [-0.2, 0) is 41.1 Å². The van der Waals surface area contributed by atoms with E-state index in [-0.39, 0.29) is 27.4 Å². The largest absolute Gasteiger partial charge is 0.446 e. The molecule has 0 aliphatic carbocycles. The van der Waals surface area contributed by atoms with Gasteiger partial charge in [0.05, 0.1) is 22.6 Å². The van der Waals surface area contributed by atoms with Gasteiger partial charge < -0.3 is 14.6 Å². The molecule has 4 rings (SSSR count). The summed E-state index contributed by atoms with van der Waals surface area (Å²) >= 11 is 5.99. The van der Waals surface area contributed by atoms with Gasteiger partial charge in [-0.1, -0.05) is 41.9 Å². The minimum Gasteiger partial charge on any atom is -0.446 e. The number of rotatable bonds is 6. The van der Waals surface area contributed by atoms with E-state index in [1.807, 2.05) is 0 Å². The first-order chi connectivity index (χ1) is 17.9. The SMILES string of the molecule is Cn1c(=O)c2c(ncn2CC(=O)OC(C(=O)Nc2cc(C(F)(F)F)ccc2Cl)c2ccccc2)n(C)c1=O. The Morgan fingerprint density at radius 3 is 2.42 bits per heavy atom. The summed E-state index contributed by atoms with van der Waals surface area (Å²) in [6, 6.07) is 10.2. The molecule has 0 aliphatic rings. The minimum atomic E-state index is -4.68. The number of aromatic nitrogens is 4. The maximum Gasteiger partial charge on any atom is 0.416 e. The number of hydrogen-bond donors (Lipinski definition) is 1. The van der Waals surface area contributed by atoms with Crippen molar-refractivity contribution in [2.45, 2.75) is 18.8 Å². The highest BCUT2D eigenvalue weighted by atomic mass is 35.5. The smallest absolute Gasteiger partial charge is 0.416 e. The molecule has 2 aromatic carbocycles. The molecule has 14 heteroatoms. The van der Waals surface area contributed by atoms with Crippen molar-refractivity contribution in [3.05, 3.63) is 91.8 Å². The number of amides is 1. The fourth-order valence-corrected chi connectivity index (χ4v) is 3.89. The maximum absolute atomic E-state index is 13.1. The van der Waals surface area contributed by atoms with Crippen LogP contribution in [0.4, 0.5) is 18.9 Å². The Morgan fingerprint density at radius 2 is 1.76 bits per heavy atom. The second-order valence-electron chi connectivity index (χ2n) is 8.21. The van der Waals surface area contributed by atoms with Crippen LogP contribution < -0.4 is 16.6 Å². The van der Waals surface area contributed by atoms with Crippen molar-refractivity contribution < 1.29 is 27.5 Å². The number of fused-ring (bicyclic) bond motifs is 1. The van der Waals surface area contributed by atoms with E-state index in [1.165, 1.54) is 37.1 Å². The van der Waals surface area contributed by atoms with Gasteiger partial charge in [0, 0.05) is 19.7 Å². The number of nitrogens with zero attached hydrogens (tertiary/aromatic N) is 4. The lowest BCUT2D eigenvalue weighted by atomic mass is 10.1. The highest BCUT2D eigenvalue weighted by Crippen LogP contribution is 2.34. The molecule has 0 radical (unpaired) electrons. The second kappa shape index (κ2) is 10.2. The maximum atomic E-state index is 13.1. The van der Waals surface area contributed by atoms with Crippen molar-refractivity contribution in [2.24, 2.45) is 14.1 Å². The molecular weight excluding hydrogens is 531 g/mol. The molecule has 10 nitrogen and oxygen atoms in total. The molecule has 38 heavy (non-hydrogen) atoms. The van der Waals surface area contributed by atoms with E-state index in [0.717, 1.165) is 21.3 Å². The first kappa shape index (κ1) is 26.7. The summed E-state index contributed by atoms with van der Waals surface area (Å²) in [5, 5.41) is 2.13. The van der Waals surface area contributed by atoms with Gasteiger partial charge in [-0.25, -0.2) is 9.78 Å². The highest BCUT2D eigenvalue weighted by molar-refractivity contribution is 6.33. The summed E-state index contributed by atoms with van der Waals surface area (Å²) in [5.41, 5.74) is -2.42. The van der Waals surface area contributed by atoms with Crippen LogP contribution >= 0.6 is 11.6 Å². The monoisotopic (exact) mass is 549 g/mol. The molecule has 198 valence electrons. The number of carbonyl (C=O) groups excluding carboxylic acids is 2. The van der Waals surface area contributed by atoms with E-state index in [4.69, 9.17) is 16.3 Å². The standard InChI is InChI=1S/C24H19ClF3N5O5/c1-31-20-18(22(36)32(2)23(31)37)33(12-29-20)11-17(34)38-19(13-6-4-3-5-7-13)21(35)30-16-10-14(24(26,27)28)8-9-15(16)25/h3-10,12,19H,11H2,1-2H3,(H,30,35). The summed E-state index contributed by atoms with van der Waals surface area (Å²) in [5.74, 6) is -1.92. The molecule has 4 aromatic rings. The molecule has 0 saturated heterocycles. The van der Waals surface area contributed by atoms with Crippen LogP contribution in [-0.4, -0.2) is 30.6 Å². The van der Waals surface area contributed by atoms with Crippen LogP contribution in [0.3, 0.4) is 0 Å². The fraction of sp³-hybridized carbons (Fsp3) is 0.208. The van der Waals surface area contributed by atoms with E-state index >= 15 is 0 Å². The van der Waals surface area contributed by atoms with Crippen LogP contribution in [0.5, 0.6) is 0 Å². The van der Waals surface area contributed by atoms with Gasteiger partial charge in [-0.05, 0) is 18.2 Å². The molecule has 1 amide bonds. The second-order valence-corrected chi connectivity index (χ2v) is 8.62. The molecule has 1 atom stereocenters.